The van der Waals surface area contributed by atoms with Crippen LogP contribution in [0, 0.1) is 0 Å². The predicted octanol–water partition coefficient (Wildman–Crippen LogP) is 13.8. The van der Waals surface area contributed by atoms with E-state index in [1.54, 1.807) is 0 Å². The quantitative estimate of drug-likeness (QED) is 0.161. The van der Waals surface area contributed by atoms with Crippen molar-refractivity contribution in [3.63, 3.8) is 0 Å². The lowest BCUT2D eigenvalue weighted by molar-refractivity contribution is 0.954. The Morgan fingerprint density at radius 3 is 1.47 bits per heavy atom. The van der Waals surface area contributed by atoms with Crippen molar-refractivity contribution < 1.29 is 0 Å². The van der Waals surface area contributed by atoms with Crippen molar-refractivity contribution in [2.24, 2.45) is 0 Å². The monoisotopic (exact) mass is 792 g/mol. The lowest BCUT2D eigenvalue weighted by Crippen LogP contribution is -2.07. The third-order valence-corrected chi connectivity index (χ3v) is 11.9. The lowest BCUT2D eigenvalue weighted by atomic mass is 9.98. The molecular formula is C56H36N6. The van der Waals surface area contributed by atoms with Gasteiger partial charge in [-0.1, -0.05) is 170 Å². The van der Waals surface area contributed by atoms with Crippen LogP contribution < -0.4 is 0 Å². The highest BCUT2D eigenvalue weighted by molar-refractivity contribution is 6.14. The number of para-hydroxylation sites is 4. The molecule has 12 aromatic rings. The summed E-state index contributed by atoms with van der Waals surface area (Å²) in [6.07, 6.45) is 1.85. The lowest BCUT2D eigenvalue weighted by Gasteiger charge is -2.16. The molecule has 6 heteroatoms. The van der Waals surface area contributed by atoms with Crippen molar-refractivity contribution in [3.05, 3.63) is 219 Å². The van der Waals surface area contributed by atoms with Gasteiger partial charge in [-0.25, -0.2) is 4.98 Å². The van der Waals surface area contributed by atoms with Gasteiger partial charge in [-0.15, -0.1) is 0 Å². The Bertz CT molecular complexity index is 3560. The molecule has 12 rings (SSSR count). The molecule has 0 saturated heterocycles. The van der Waals surface area contributed by atoms with Crippen LogP contribution in [0.2, 0.25) is 0 Å². The Morgan fingerprint density at radius 1 is 0.323 bits per heavy atom. The summed E-state index contributed by atoms with van der Waals surface area (Å²) in [5.74, 6) is 1.76. The normalized spacial score (nSPS) is 11.5. The average Bonchev–Trinajstić information content (AvgIpc) is 3.88. The van der Waals surface area contributed by atoms with Gasteiger partial charge in [-0.3, -0.25) is 9.55 Å². The zero-order chi connectivity index (χ0) is 41.0. The Kier molecular flexibility index (Phi) is 8.38. The molecule has 4 aromatic heterocycles. The number of nitrogens with zero attached hydrogens (tertiary/aromatic N) is 6. The van der Waals surface area contributed by atoms with E-state index >= 15 is 0 Å². The minimum absolute atomic E-state index is 0.559. The summed E-state index contributed by atoms with van der Waals surface area (Å²) in [5.41, 5.74) is 13.6. The molecule has 0 aliphatic heterocycles. The number of aromatic nitrogens is 6. The van der Waals surface area contributed by atoms with E-state index < -0.39 is 0 Å². The van der Waals surface area contributed by atoms with Crippen LogP contribution in [0.3, 0.4) is 0 Å². The zero-order valence-electron chi connectivity index (χ0n) is 33.5. The minimum Gasteiger partial charge on any atom is -0.309 e. The Labute approximate surface area is 357 Å². The van der Waals surface area contributed by atoms with E-state index in [9.17, 15) is 0 Å². The van der Waals surface area contributed by atoms with Gasteiger partial charge in [-0.2, -0.15) is 9.97 Å². The van der Waals surface area contributed by atoms with E-state index in [0.717, 1.165) is 83.2 Å². The highest BCUT2D eigenvalue weighted by Gasteiger charge is 2.21. The van der Waals surface area contributed by atoms with Gasteiger partial charge in [0.2, 0.25) is 5.95 Å². The van der Waals surface area contributed by atoms with Gasteiger partial charge in [0.1, 0.15) is 0 Å². The molecule has 62 heavy (non-hydrogen) atoms. The first-order valence-electron chi connectivity index (χ1n) is 20.8. The summed E-state index contributed by atoms with van der Waals surface area (Å²) in [6, 6.07) is 74.3. The number of benzene rings is 8. The second-order valence-electron chi connectivity index (χ2n) is 15.5. The maximum absolute atomic E-state index is 5.32. The Morgan fingerprint density at radius 2 is 0.823 bits per heavy atom. The molecule has 0 aliphatic rings. The summed E-state index contributed by atoms with van der Waals surface area (Å²) < 4.78 is 4.59. The van der Waals surface area contributed by atoms with E-state index in [1.807, 2.05) is 36.5 Å². The first-order valence-corrected chi connectivity index (χ1v) is 20.8. The molecule has 4 heterocycles. The van der Waals surface area contributed by atoms with E-state index in [4.69, 9.17) is 19.9 Å². The fraction of sp³-hybridized carbons (Fsp3) is 0. The summed E-state index contributed by atoms with van der Waals surface area (Å²) in [4.78, 5) is 20.4. The van der Waals surface area contributed by atoms with Crippen LogP contribution in [0.15, 0.2) is 219 Å². The number of hydrogen-bond donors (Lipinski definition) is 0. The second-order valence-corrected chi connectivity index (χ2v) is 15.5. The molecule has 0 atom stereocenters. The summed E-state index contributed by atoms with van der Waals surface area (Å²) in [6.45, 7) is 0. The predicted molar refractivity (Wildman–Crippen MR) is 253 cm³/mol. The van der Waals surface area contributed by atoms with Gasteiger partial charge < -0.3 is 4.57 Å². The number of pyridine rings is 1. The van der Waals surface area contributed by atoms with Gasteiger partial charge in [0.05, 0.1) is 33.4 Å². The highest BCUT2D eigenvalue weighted by Crippen LogP contribution is 2.40. The van der Waals surface area contributed by atoms with Crippen LogP contribution in [0.1, 0.15) is 0 Å². The molecule has 0 amide bonds. The molecule has 0 spiro atoms. The zero-order valence-corrected chi connectivity index (χ0v) is 33.5. The molecule has 0 saturated carbocycles. The van der Waals surface area contributed by atoms with Gasteiger partial charge in [0, 0.05) is 55.6 Å². The molecule has 290 valence electrons. The number of rotatable bonds is 7. The molecule has 8 aromatic carbocycles. The molecule has 6 nitrogen and oxygen atoms in total. The van der Waals surface area contributed by atoms with Crippen molar-refractivity contribution in [2.75, 3.05) is 0 Å². The maximum atomic E-state index is 5.32. The fourth-order valence-corrected chi connectivity index (χ4v) is 9.02. The first kappa shape index (κ1) is 35.5. The SMILES string of the molecule is c1ccc(-c2nc(-c3ccc(-c4cc(-c5ccccn5)ccc4-n4c5ccccc5c5ccccc54)cc3)nc(-n3c4ccccc4c4cccc(-c5ccccc5)c43)n2)cc1. The largest absolute Gasteiger partial charge is 0.309 e. The van der Waals surface area contributed by atoms with E-state index in [-0.39, 0.29) is 0 Å². The van der Waals surface area contributed by atoms with Crippen LogP contribution in [0.25, 0.3) is 112 Å². The first-order chi connectivity index (χ1) is 30.8. The van der Waals surface area contributed by atoms with Crippen molar-refractivity contribution in [1.82, 2.24) is 29.1 Å². The van der Waals surface area contributed by atoms with Crippen LogP contribution in [0.5, 0.6) is 0 Å². The minimum atomic E-state index is 0.559. The summed E-state index contributed by atoms with van der Waals surface area (Å²) >= 11 is 0. The maximum Gasteiger partial charge on any atom is 0.238 e. The second kappa shape index (κ2) is 14.7. The third-order valence-electron chi connectivity index (χ3n) is 11.9. The van der Waals surface area contributed by atoms with Crippen molar-refractivity contribution in [1.29, 1.82) is 0 Å². The molecule has 0 bridgehead atoms. The molecule has 0 aliphatic carbocycles. The van der Waals surface area contributed by atoms with Crippen LogP contribution in [-0.4, -0.2) is 29.1 Å². The molecule has 0 radical (unpaired) electrons. The van der Waals surface area contributed by atoms with Crippen LogP contribution in [0.4, 0.5) is 0 Å². The topological polar surface area (TPSA) is 61.4 Å². The van der Waals surface area contributed by atoms with E-state index in [2.05, 4.69) is 191 Å². The van der Waals surface area contributed by atoms with Gasteiger partial charge in [-0.05, 0) is 53.6 Å². The van der Waals surface area contributed by atoms with Crippen LogP contribution >= 0.6 is 0 Å². The fourth-order valence-electron chi connectivity index (χ4n) is 9.02. The van der Waals surface area contributed by atoms with Crippen molar-refractivity contribution in [3.8, 4) is 67.9 Å². The number of fused-ring (bicyclic) bond motifs is 6. The smallest absolute Gasteiger partial charge is 0.238 e. The third kappa shape index (κ3) is 5.88. The van der Waals surface area contributed by atoms with E-state index in [1.165, 1.54) is 10.8 Å². The standard InChI is InChI=1S/C56H36N6/c1-3-16-37(17-4-1)42-23-15-24-46-45-22-9-12-28-51(45)62(53(42)46)56-59-54(39-18-5-2-6-19-39)58-55(60-56)40-31-29-38(30-32-40)47-36-41(48-25-13-14-35-57-48)33-34-52(47)61-49-26-10-7-20-43(49)44-21-8-11-27-50(44)61/h1-36H. The molecule has 0 fully saturated rings. The summed E-state index contributed by atoms with van der Waals surface area (Å²) in [7, 11) is 0. The molecule has 0 unspecified atom stereocenters. The molecular weight excluding hydrogens is 757 g/mol. The van der Waals surface area contributed by atoms with Crippen molar-refractivity contribution >= 4 is 43.6 Å². The molecule has 0 N–H and O–H groups in total. The Balaban J connectivity index is 1.06. The van der Waals surface area contributed by atoms with Gasteiger partial charge in [0.15, 0.2) is 11.6 Å². The van der Waals surface area contributed by atoms with Crippen LogP contribution in [-0.2, 0) is 0 Å². The van der Waals surface area contributed by atoms with Gasteiger partial charge in [0.25, 0.3) is 0 Å². The van der Waals surface area contributed by atoms with E-state index in [0.29, 0.717) is 17.6 Å². The summed E-state index contributed by atoms with van der Waals surface area (Å²) in [5, 5.41) is 4.72. The van der Waals surface area contributed by atoms with Crippen molar-refractivity contribution in [2.45, 2.75) is 0 Å². The average molecular weight is 793 g/mol. The number of hydrogen-bond acceptors (Lipinski definition) is 4. The highest BCUT2D eigenvalue weighted by atomic mass is 15.2. The van der Waals surface area contributed by atoms with Gasteiger partial charge >= 0.3 is 0 Å². The Hall–Kier alpha value is -8.48.